The molecule has 0 spiro atoms. The van der Waals surface area contributed by atoms with Gasteiger partial charge in [0.2, 0.25) is 5.91 Å². The molecule has 19 heavy (non-hydrogen) atoms. The highest BCUT2D eigenvalue weighted by molar-refractivity contribution is 6.30. The molecule has 1 aromatic rings. The van der Waals surface area contributed by atoms with Crippen LogP contribution in [-0.2, 0) is 4.79 Å². The lowest BCUT2D eigenvalue weighted by molar-refractivity contribution is -0.117. The van der Waals surface area contributed by atoms with Crippen LogP contribution in [0.4, 0.5) is 5.69 Å². The number of amides is 1. The molecule has 1 aliphatic carbocycles. The van der Waals surface area contributed by atoms with Gasteiger partial charge in [-0.3, -0.25) is 9.69 Å². The molecule has 1 fully saturated rings. The number of rotatable bonds is 4. The van der Waals surface area contributed by atoms with Crippen molar-refractivity contribution in [3.8, 4) is 0 Å². The maximum atomic E-state index is 12.0. The fourth-order valence-electron chi connectivity index (χ4n) is 2.66. The van der Waals surface area contributed by atoms with Gasteiger partial charge in [-0.2, -0.15) is 0 Å². The smallest absolute Gasteiger partial charge is 0.238 e. The van der Waals surface area contributed by atoms with Gasteiger partial charge in [0.1, 0.15) is 0 Å². The number of nitrogens with zero attached hydrogens (tertiary/aromatic N) is 1. The molecule has 0 bridgehead atoms. The van der Waals surface area contributed by atoms with Crippen LogP contribution in [-0.4, -0.2) is 30.4 Å². The second-order valence-corrected chi connectivity index (χ2v) is 5.80. The van der Waals surface area contributed by atoms with Crippen LogP contribution in [0.2, 0.25) is 5.02 Å². The van der Waals surface area contributed by atoms with E-state index in [1.54, 1.807) is 6.07 Å². The summed E-state index contributed by atoms with van der Waals surface area (Å²) >= 11 is 5.90. The Hall–Kier alpha value is -1.06. The van der Waals surface area contributed by atoms with E-state index in [1.807, 2.05) is 26.1 Å². The molecular formula is C15H21ClN2O. The summed E-state index contributed by atoms with van der Waals surface area (Å²) in [7, 11) is 2.03. The van der Waals surface area contributed by atoms with E-state index in [2.05, 4.69) is 10.2 Å². The highest BCUT2D eigenvalue weighted by Crippen LogP contribution is 2.23. The summed E-state index contributed by atoms with van der Waals surface area (Å²) in [5.41, 5.74) is 1.83. The van der Waals surface area contributed by atoms with Crippen molar-refractivity contribution in [3.05, 3.63) is 28.8 Å². The van der Waals surface area contributed by atoms with E-state index < -0.39 is 0 Å². The molecule has 1 aromatic carbocycles. The first kappa shape index (κ1) is 14.4. The Morgan fingerprint density at radius 2 is 2.11 bits per heavy atom. The number of hydrogen-bond acceptors (Lipinski definition) is 2. The molecule has 104 valence electrons. The molecule has 0 aliphatic heterocycles. The minimum Gasteiger partial charge on any atom is -0.325 e. The maximum Gasteiger partial charge on any atom is 0.238 e. The van der Waals surface area contributed by atoms with Crippen molar-refractivity contribution in [3.63, 3.8) is 0 Å². The van der Waals surface area contributed by atoms with Crippen molar-refractivity contribution in [1.29, 1.82) is 0 Å². The lowest BCUT2D eigenvalue weighted by Crippen LogP contribution is -2.36. The molecule has 1 saturated carbocycles. The van der Waals surface area contributed by atoms with Crippen LogP contribution < -0.4 is 5.32 Å². The minimum atomic E-state index is 0.0415. The van der Waals surface area contributed by atoms with Gasteiger partial charge in [0.25, 0.3) is 0 Å². The van der Waals surface area contributed by atoms with Gasteiger partial charge in [0.15, 0.2) is 0 Å². The summed E-state index contributed by atoms with van der Waals surface area (Å²) in [4.78, 5) is 14.2. The Bertz CT molecular complexity index is 455. The van der Waals surface area contributed by atoms with Crippen LogP contribution >= 0.6 is 11.6 Å². The topological polar surface area (TPSA) is 32.3 Å². The second-order valence-electron chi connectivity index (χ2n) is 5.36. The quantitative estimate of drug-likeness (QED) is 0.916. The highest BCUT2D eigenvalue weighted by atomic mass is 35.5. The molecule has 2 rings (SSSR count). The average molecular weight is 281 g/mol. The largest absolute Gasteiger partial charge is 0.325 e. The van der Waals surface area contributed by atoms with E-state index in [0.29, 0.717) is 17.6 Å². The molecule has 0 heterocycles. The lowest BCUT2D eigenvalue weighted by atomic mass is 10.2. The van der Waals surface area contributed by atoms with Crippen molar-refractivity contribution in [1.82, 2.24) is 4.90 Å². The van der Waals surface area contributed by atoms with E-state index in [0.717, 1.165) is 11.3 Å². The number of halogens is 1. The third-order valence-corrected chi connectivity index (χ3v) is 4.04. The van der Waals surface area contributed by atoms with E-state index in [9.17, 15) is 4.79 Å². The number of likely N-dealkylation sites (N-methyl/N-ethyl adjacent to an activating group) is 1. The van der Waals surface area contributed by atoms with Crippen LogP contribution in [0.5, 0.6) is 0 Å². The third kappa shape index (κ3) is 3.95. The van der Waals surface area contributed by atoms with Crippen LogP contribution in [0.15, 0.2) is 18.2 Å². The molecule has 1 aliphatic rings. The van der Waals surface area contributed by atoms with Gasteiger partial charge in [-0.15, -0.1) is 0 Å². The predicted molar refractivity (Wildman–Crippen MR) is 79.7 cm³/mol. The Morgan fingerprint density at radius 1 is 1.42 bits per heavy atom. The summed E-state index contributed by atoms with van der Waals surface area (Å²) in [5, 5.41) is 3.65. The van der Waals surface area contributed by atoms with Crippen LogP contribution in [0.3, 0.4) is 0 Å². The van der Waals surface area contributed by atoms with Gasteiger partial charge in [-0.1, -0.05) is 24.4 Å². The first-order chi connectivity index (χ1) is 9.06. The lowest BCUT2D eigenvalue weighted by Gasteiger charge is -2.23. The summed E-state index contributed by atoms with van der Waals surface area (Å²) < 4.78 is 0. The van der Waals surface area contributed by atoms with Crippen molar-refractivity contribution in [2.24, 2.45) is 0 Å². The van der Waals surface area contributed by atoms with Gasteiger partial charge < -0.3 is 5.32 Å². The fraction of sp³-hybridized carbons (Fsp3) is 0.533. The zero-order chi connectivity index (χ0) is 13.8. The molecule has 0 atom stereocenters. The Labute approximate surface area is 119 Å². The molecular weight excluding hydrogens is 260 g/mol. The van der Waals surface area contributed by atoms with Gasteiger partial charge in [0, 0.05) is 16.8 Å². The van der Waals surface area contributed by atoms with Crippen LogP contribution in [0.1, 0.15) is 31.2 Å². The molecule has 0 aromatic heterocycles. The first-order valence-electron chi connectivity index (χ1n) is 6.82. The molecule has 0 unspecified atom stereocenters. The molecule has 1 N–H and O–H groups in total. The fourth-order valence-corrected chi connectivity index (χ4v) is 2.88. The Balaban J connectivity index is 1.89. The Kier molecular flexibility index (Phi) is 4.83. The highest BCUT2D eigenvalue weighted by Gasteiger charge is 2.21. The summed E-state index contributed by atoms with van der Waals surface area (Å²) in [6, 6.07) is 6.07. The normalized spacial score (nSPS) is 16.0. The first-order valence-corrected chi connectivity index (χ1v) is 7.20. The van der Waals surface area contributed by atoms with Crippen molar-refractivity contribution in [2.45, 2.75) is 38.6 Å². The monoisotopic (exact) mass is 280 g/mol. The van der Waals surface area contributed by atoms with E-state index in [1.165, 1.54) is 25.7 Å². The second kappa shape index (κ2) is 6.40. The molecule has 1 amide bonds. The zero-order valence-electron chi connectivity index (χ0n) is 11.6. The van der Waals surface area contributed by atoms with Gasteiger partial charge in [-0.25, -0.2) is 0 Å². The molecule has 4 heteroatoms. The van der Waals surface area contributed by atoms with E-state index in [4.69, 9.17) is 11.6 Å². The van der Waals surface area contributed by atoms with Crippen molar-refractivity contribution < 1.29 is 4.79 Å². The number of benzene rings is 1. The summed E-state index contributed by atoms with van der Waals surface area (Å²) in [6.07, 6.45) is 4.99. The number of carbonyl (C=O) groups excluding carboxylic acids is 1. The number of aryl methyl sites for hydroxylation is 1. The van der Waals surface area contributed by atoms with Crippen molar-refractivity contribution in [2.75, 3.05) is 18.9 Å². The minimum absolute atomic E-state index is 0.0415. The number of carbonyl (C=O) groups is 1. The van der Waals surface area contributed by atoms with Gasteiger partial charge in [0.05, 0.1) is 6.54 Å². The van der Waals surface area contributed by atoms with Crippen LogP contribution in [0.25, 0.3) is 0 Å². The summed E-state index contributed by atoms with van der Waals surface area (Å²) in [6.45, 7) is 2.40. The molecule has 0 radical (unpaired) electrons. The van der Waals surface area contributed by atoms with E-state index in [-0.39, 0.29) is 5.91 Å². The number of anilines is 1. The zero-order valence-corrected chi connectivity index (χ0v) is 12.3. The Morgan fingerprint density at radius 3 is 2.74 bits per heavy atom. The van der Waals surface area contributed by atoms with Gasteiger partial charge in [-0.05, 0) is 50.6 Å². The van der Waals surface area contributed by atoms with E-state index >= 15 is 0 Å². The third-order valence-electron chi connectivity index (χ3n) is 3.80. The average Bonchev–Trinajstić information content (AvgIpc) is 2.86. The SMILES string of the molecule is Cc1cc(Cl)ccc1NC(=O)CN(C)C1CCCC1. The molecule has 3 nitrogen and oxygen atoms in total. The van der Waals surface area contributed by atoms with Crippen molar-refractivity contribution >= 4 is 23.2 Å². The number of nitrogens with one attached hydrogen (secondary N) is 1. The number of hydrogen-bond donors (Lipinski definition) is 1. The standard InChI is InChI=1S/C15H21ClN2O/c1-11-9-12(16)7-8-14(11)17-15(19)10-18(2)13-5-3-4-6-13/h7-9,13H,3-6,10H2,1-2H3,(H,17,19). The molecule has 0 saturated heterocycles. The predicted octanol–water partition coefficient (Wildman–Crippen LogP) is 3.46. The maximum absolute atomic E-state index is 12.0. The van der Waals surface area contributed by atoms with Crippen LogP contribution in [0, 0.1) is 6.92 Å². The van der Waals surface area contributed by atoms with Gasteiger partial charge >= 0.3 is 0 Å². The summed E-state index contributed by atoms with van der Waals surface area (Å²) in [5.74, 6) is 0.0415.